The lowest BCUT2D eigenvalue weighted by atomic mass is 9.95. The summed E-state index contributed by atoms with van der Waals surface area (Å²) in [5.41, 5.74) is 1.12. The van der Waals surface area contributed by atoms with Gasteiger partial charge < -0.3 is 25.8 Å². The number of nitrogens with zero attached hydrogens (tertiary/aromatic N) is 2. The summed E-state index contributed by atoms with van der Waals surface area (Å²) in [6, 6.07) is 7.18. The third-order valence-corrected chi connectivity index (χ3v) is 7.47. The number of carbonyl (C=O) groups excluding carboxylic acids is 4. The second-order valence-electron chi connectivity index (χ2n) is 12.5. The van der Waals surface area contributed by atoms with Gasteiger partial charge in [0.25, 0.3) is 0 Å². The fourth-order valence-corrected chi connectivity index (χ4v) is 5.20. The first-order valence-corrected chi connectivity index (χ1v) is 15.0. The normalized spacial score (nSPS) is 14.5. The molecule has 0 heterocycles. The summed E-state index contributed by atoms with van der Waals surface area (Å²) in [5, 5.41) is 8.96. The molecule has 0 bridgehead atoms. The van der Waals surface area contributed by atoms with Crippen molar-refractivity contribution >= 4 is 23.6 Å². The van der Waals surface area contributed by atoms with Crippen molar-refractivity contribution in [1.29, 1.82) is 0 Å². The van der Waals surface area contributed by atoms with Gasteiger partial charge in [-0.05, 0) is 49.1 Å². The Labute approximate surface area is 248 Å². The molecule has 1 rings (SSSR count). The number of rotatable bonds is 16. The number of hydrogen-bond donors (Lipinski definition) is 3. The SMILES string of the molecule is CN[C@@H](CC(C)C)C(=O)N[C@H](C(=O)N(C)[C@H](C(=O)N(C)[C@H](C(=O)NCCc1ccccc1)C(C)C)C(C)C)C(C)C. The molecule has 3 N–H and O–H groups in total. The number of likely N-dealkylation sites (N-methyl/N-ethyl adjacent to an activating group) is 3. The number of nitrogens with one attached hydrogen (secondary N) is 3. The zero-order valence-electron chi connectivity index (χ0n) is 27.2. The van der Waals surface area contributed by atoms with Gasteiger partial charge in [0.05, 0.1) is 6.04 Å². The zero-order valence-corrected chi connectivity index (χ0v) is 27.2. The molecule has 9 heteroatoms. The zero-order chi connectivity index (χ0) is 31.4. The highest BCUT2D eigenvalue weighted by molar-refractivity contribution is 5.95. The molecule has 0 aliphatic carbocycles. The number of hydrogen-bond acceptors (Lipinski definition) is 5. The van der Waals surface area contributed by atoms with E-state index < -0.39 is 24.2 Å². The Kier molecular flexibility index (Phi) is 15.1. The van der Waals surface area contributed by atoms with E-state index in [1.165, 1.54) is 9.80 Å². The Bertz CT molecular complexity index is 980. The number of amides is 4. The number of benzene rings is 1. The molecule has 0 spiro atoms. The van der Waals surface area contributed by atoms with Crippen molar-refractivity contribution < 1.29 is 19.2 Å². The minimum Gasteiger partial charge on any atom is -0.354 e. The average Bonchev–Trinajstić information content (AvgIpc) is 2.89. The third-order valence-electron chi connectivity index (χ3n) is 7.47. The highest BCUT2D eigenvalue weighted by Crippen LogP contribution is 2.20. The molecule has 0 fully saturated rings. The summed E-state index contributed by atoms with van der Waals surface area (Å²) >= 11 is 0. The molecule has 0 radical (unpaired) electrons. The standard InChI is InChI=1S/C32H55N5O4/c1-20(2)19-25(33-9)29(38)35-26(21(3)4)31(40)37(11)28(23(7)8)32(41)36(10)27(22(5)6)30(39)34-18-17-24-15-13-12-14-16-24/h12-16,20-23,25-28,33H,17-19H2,1-11H3,(H,34,39)(H,35,38)/t25-,26-,27-,28-/m0/s1. The Morgan fingerprint density at radius 3 is 1.73 bits per heavy atom. The van der Waals surface area contributed by atoms with E-state index in [1.54, 1.807) is 21.1 Å². The summed E-state index contributed by atoms with van der Waals surface area (Å²) < 4.78 is 0. The van der Waals surface area contributed by atoms with Gasteiger partial charge in [-0.15, -0.1) is 0 Å². The van der Waals surface area contributed by atoms with Gasteiger partial charge in [0.1, 0.15) is 18.1 Å². The molecule has 4 atom stereocenters. The summed E-state index contributed by atoms with van der Waals surface area (Å²) in [6.45, 7) is 15.9. The van der Waals surface area contributed by atoms with Gasteiger partial charge in [0.15, 0.2) is 0 Å². The third kappa shape index (κ3) is 10.8. The number of carbonyl (C=O) groups is 4. The van der Waals surface area contributed by atoms with E-state index in [-0.39, 0.29) is 41.4 Å². The Morgan fingerprint density at radius 2 is 1.27 bits per heavy atom. The topological polar surface area (TPSA) is 111 Å². The van der Waals surface area contributed by atoms with Crippen LogP contribution < -0.4 is 16.0 Å². The predicted molar refractivity (Wildman–Crippen MR) is 165 cm³/mol. The van der Waals surface area contributed by atoms with Gasteiger partial charge in [-0.1, -0.05) is 85.7 Å². The van der Waals surface area contributed by atoms with Crippen LogP contribution in [0, 0.1) is 23.7 Å². The van der Waals surface area contributed by atoms with Crippen LogP contribution >= 0.6 is 0 Å². The molecule has 1 aromatic carbocycles. The lowest BCUT2D eigenvalue weighted by molar-refractivity contribution is -0.151. The molecule has 0 saturated carbocycles. The van der Waals surface area contributed by atoms with Crippen LogP contribution in [0.3, 0.4) is 0 Å². The van der Waals surface area contributed by atoms with Crippen LogP contribution in [0.2, 0.25) is 0 Å². The highest BCUT2D eigenvalue weighted by Gasteiger charge is 2.40. The molecule has 232 valence electrons. The van der Waals surface area contributed by atoms with Crippen LogP contribution in [0.5, 0.6) is 0 Å². The molecule has 0 saturated heterocycles. The van der Waals surface area contributed by atoms with Crippen molar-refractivity contribution in [3.8, 4) is 0 Å². The molecular formula is C32H55N5O4. The first kappa shape index (κ1) is 36.1. The minimum absolute atomic E-state index is 0.142. The predicted octanol–water partition coefficient (Wildman–Crippen LogP) is 3.09. The van der Waals surface area contributed by atoms with Gasteiger partial charge in [0.2, 0.25) is 23.6 Å². The van der Waals surface area contributed by atoms with Crippen molar-refractivity contribution in [3.05, 3.63) is 35.9 Å². The maximum Gasteiger partial charge on any atom is 0.246 e. The maximum absolute atomic E-state index is 13.9. The monoisotopic (exact) mass is 573 g/mol. The molecule has 0 aliphatic heterocycles. The van der Waals surface area contributed by atoms with Gasteiger partial charge in [-0.2, -0.15) is 0 Å². The molecule has 41 heavy (non-hydrogen) atoms. The fraction of sp³-hybridized carbons (Fsp3) is 0.688. The Hall–Kier alpha value is -2.94. The quantitative estimate of drug-likeness (QED) is 0.282. The Balaban J connectivity index is 3.09. The van der Waals surface area contributed by atoms with E-state index in [2.05, 4.69) is 16.0 Å². The smallest absolute Gasteiger partial charge is 0.246 e. The molecule has 0 unspecified atom stereocenters. The largest absolute Gasteiger partial charge is 0.354 e. The molecule has 1 aromatic rings. The molecular weight excluding hydrogens is 518 g/mol. The van der Waals surface area contributed by atoms with Crippen molar-refractivity contribution in [1.82, 2.24) is 25.8 Å². The van der Waals surface area contributed by atoms with Gasteiger partial charge in [-0.3, -0.25) is 19.2 Å². The van der Waals surface area contributed by atoms with Crippen LogP contribution in [-0.4, -0.2) is 85.3 Å². The summed E-state index contributed by atoms with van der Waals surface area (Å²) in [5.74, 6) is -1.35. The summed E-state index contributed by atoms with van der Waals surface area (Å²) in [4.78, 5) is 56.9. The van der Waals surface area contributed by atoms with E-state index in [9.17, 15) is 19.2 Å². The van der Waals surface area contributed by atoms with Crippen molar-refractivity contribution in [3.63, 3.8) is 0 Å². The summed E-state index contributed by atoms with van der Waals surface area (Å²) in [6.07, 6.45) is 1.33. The van der Waals surface area contributed by atoms with Crippen LogP contribution in [-0.2, 0) is 25.6 Å². The van der Waals surface area contributed by atoms with E-state index in [4.69, 9.17) is 0 Å². The Morgan fingerprint density at radius 1 is 0.732 bits per heavy atom. The molecule has 0 aromatic heterocycles. The maximum atomic E-state index is 13.9. The first-order chi connectivity index (χ1) is 19.1. The van der Waals surface area contributed by atoms with Gasteiger partial charge >= 0.3 is 0 Å². The second kappa shape index (κ2) is 17.1. The van der Waals surface area contributed by atoms with Crippen molar-refractivity contribution in [2.24, 2.45) is 23.7 Å². The van der Waals surface area contributed by atoms with Crippen molar-refractivity contribution in [2.75, 3.05) is 27.7 Å². The highest BCUT2D eigenvalue weighted by atomic mass is 16.2. The van der Waals surface area contributed by atoms with Crippen LogP contribution in [0.15, 0.2) is 30.3 Å². The van der Waals surface area contributed by atoms with Crippen molar-refractivity contribution in [2.45, 2.75) is 92.4 Å². The lowest BCUT2D eigenvalue weighted by Crippen LogP contribution is -2.61. The van der Waals surface area contributed by atoms with Gasteiger partial charge in [0, 0.05) is 20.6 Å². The van der Waals surface area contributed by atoms with E-state index in [0.29, 0.717) is 25.3 Å². The molecule has 9 nitrogen and oxygen atoms in total. The second-order valence-corrected chi connectivity index (χ2v) is 12.5. The van der Waals surface area contributed by atoms with Crippen LogP contribution in [0.4, 0.5) is 0 Å². The first-order valence-electron chi connectivity index (χ1n) is 15.0. The lowest BCUT2D eigenvalue weighted by Gasteiger charge is -2.39. The van der Waals surface area contributed by atoms with Crippen LogP contribution in [0.1, 0.15) is 67.4 Å². The minimum atomic E-state index is -0.806. The molecule has 0 aliphatic rings. The van der Waals surface area contributed by atoms with Crippen LogP contribution in [0.25, 0.3) is 0 Å². The van der Waals surface area contributed by atoms with E-state index in [1.807, 2.05) is 85.7 Å². The van der Waals surface area contributed by atoms with E-state index >= 15 is 0 Å². The average molecular weight is 574 g/mol. The van der Waals surface area contributed by atoms with Gasteiger partial charge in [-0.25, -0.2) is 0 Å². The molecule has 4 amide bonds. The summed E-state index contributed by atoms with van der Waals surface area (Å²) in [7, 11) is 4.97. The fourth-order valence-electron chi connectivity index (χ4n) is 5.20. The van der Waals surface area contributed by atoms with E-state index in [0.717, 1.165) is 5.56 Å².